The fraction of sp³-hybridized carbons (Fsp3) is 0.529. The summed E-state index contributed by atoms with van der Waals surface area (Å²) >= 11 is 0. The molecule has 2 heterocycles. The molecule has 23 heavy (non-hydrogen) atoms. The molecule has 0 saturated carbocycles. The Labute approximate surface area is 135 Å². The molecule has 2 amide bonds. The van der Waals surface area contributed by atoms with Gasteiger partial charge < -0.3 is 21.1 Å². The van der Waals surface area contributed by atoms with Crippen molar-refractivity contribution in [1.82, 2.24) is 5.32 Å². The maximum atomic E-state index is 12.5. The smallest absolute Gasteiger partial charge is 0.240 e. The zero-order valence-corrected chi connectivity index (χ0v) is 13.4. The minimum absolute atomic E-state index is 0.0520. The van der Waals surface area contributed by atoms with Gasteiger partial charge in [0, 0.05) is 25.3 Å². The predicted octanol–water partition coefficient (Wildman–Crippen LogP) is 1.26. The Morgan fingerprint density at radius 2 is 2.09 bits per heavy atom. The molecule has 0 spiro atoms. The number of anilines is 1. The van der Waals surface area contributed by atoms with Gasteiger partial charge in [-0.1, -0.05) is 12.1 Å². The molecule has 2 aliphatic rings. The molecular formula is C17H23N3O3. The Morgan fingerprint density at radius 3 is 2.83 bits per heavy atom. The maximum Gasteiger partial charge on any atom is 0.240 e. The molecule has 6 heteroatoms. The predicted molar refractivity (Wildman–Crippen MR) is 86.9 cm³/mol. The first-order chi connectivity index (χ1) is 11.0. The van der Waals surface area contributed by atoms with Gasteiger partial charge in [0.2, 0.25) is 11.8 Å². The molecule has 1 atom stereocenters. The number of fused-ring (bicyclic) bond motifs is 1. The summed E-state index contributed by atoms with van der Waals surface area (Å²) < 4.78 is 5.28. The van der Waals surface area contributed by atoms with E-state index in [0.29, 0.717) is 32.5 Å². The molecule has 0 aromatic heterocycles. The summed E-state index contributed by atoms with van der Waals surface area (Å²) in [6, 6.07) is 5.75. The van der Waals surface area contributed by atoms with E-state index in [1.807, 2.05) is 25.1 Å². The van der Waals surface area contributed by atoms with Gasteiger partial charge in [0.25, 0.3) is 0 Å². The normalized spacial score (nSPS) is 21.0. The fourth-order valence-electron chi connectivity index (χ4n) is 3.06. The van der Waals surface area contributed by atoms with Crippen molar-refractivity contribution in [3.05, 3.63) is 29.3 Å². The van der Waals surface area contributed by atoms with Crippen LogP contribution in [0.1, 0.15) is 43.4 Å². The molecule has 1 aromatic rings. The van der Waals surface area contributed by atoms with Crippen LogP contribution in [-0.2, 0) is 20.7 Å². The number of carbonyl (C=O) groups is 2. The Hall–Kier alpha value is -1.92. The van der Waals surface area contributed by atoms with E-state index in [0.717, 1.165) is 23.2 Å². The second-order valence-electron chi connectivity index (χ2n) is 6.43. The van der Waals surface area contributed by atoms with Gasteiger partial charge in [-0.2, -0.15) is 0 Å². The van der Waals surface area contributed by atoms with Crippen molar-refractivity contribution in [2.24, 2.45) is 5.73 Å². The van der Waals surface area contributed by atoms with Crippen LogP contribution in [0.4, 0.5) is 5.69 Å². The molecule has 1 saturated heterocycles. The average Bonchev–Trinajstić information content (AvgIpc) is 2.55. The SMILES string of the molecule is CC(NC(=O)C1(N)CCOCC1)c1ccc2c(c1)CCC(=O)N2. The third-order valence-corrected chi connectivity index (χ3v) is 4.71. The van der Waals surface area contributed by atoms with E-state index in [4.69, 9.17) is 10.5 Å². The zero-order chi connectivity index (χ0) is 16.4. The highest BCUT2D eigenvalue weighted by molar-refractivity contribution is 5.94. The highest BCUT2D eigenvalue weighted by Gasteiger charge is 2.36. The van der Waals surface area contributed by atoms with Gasteiger partial charge in [-0.3, -0.25) is 9.59 Å². The van der Waals surface area contributed by atoms with Gasteiger partial charge in [0.1, 0.15) is 0 Å². The number of ether oxygens (including phenoxy) is 1. The number of benzene rings is 1. The fourth-order valence-corrected chi connectivity index (χ4v) is 3.06. The second kappa shape index (κ2) is 6.29. The van der Waals surface area contributed by atoms with E-state index in [1.54, 1.807) is 0 Å². The van der Waals surface area contributed by atoms with Gasteiger partial charge >= 0.3 is 0 Å². The lowest BCUT2D eigenvalue weighted by molar-refractivity contribution is -0.130. The number of nitrogens with two attached hydrogens (primary N) is 1. The summed E-state index contributed by atoms with van der Waals surface area (Å²) in [5.74, 6) is -0.0736. The van der Waals surface area contributed by atoms with Crippen LogP contribution in [-0.4, -0.2) is 30.6 Å². The largest absolute Gasteiger partial charge is 0.381 e. The van der Waals surface area contributed by atoms with Gasteiger partial charge in [0.05, 0.1) is 11.6 Å². The van der Waals surface area contributed by atoms with Crippen LogP contribution in [0.5, 0.6) is 0 Å². The Bertz CT molecular complexity index is 624. The first-order valence-electron chi connectivity index (χ1n) is 8.08. The van der Waals surface area contributed by atoms with Crippen LogP contribution in [0.25, 0.3) is 0 Å². The van der Waals surface area contributed by atoms with Crippen LogP contribution in [0.3, 0.4) is 0 Å². The molecule has 0 aliphatic carbocycles. The van der Waals surface area contributed by atoms with Crippen LogP contribution in [0.15, 0.2) is 18.2 Å². The van der Waals surface area contributed by atoms with E-state index < -0.39 is 5.54 Å². The summed E-state index contributed by atoms with van der Waals surface area (Å²) in [4.78, 5) is 23.9. The van der Waals surface area contributed by atoms with Crippen LogP contribution in [0.2, 0.25) is 0 Å². The quantitative estimate of drug-likeness (QED) is 0.782. The standard InChI is InChI=1S/C17H23N3O3/c1-11(19-16(22)17(18)6-8-23-9-7-17)12-2-4-14-13(10-12)3-5-15(21)20-14/h2,4,10-11H,3,5-9,18H2,1H3,(H,19,22)(H,20,21). The molecule has 6 nitrogen and oxygen atoms in total. The Balaban J connectivity index is 1.69. The van der Waals surface area contributed by atoms with Crippen LogP contribution >= 0.6 is 0 Å². The van der Waals surface area contributed by atoms with Crippen molar-refractivity contribution in [2.75, 3.05) is 18.5 Å². The molecule has 1 unspecified atom stereocenters. The van der Waals surface area contributed by atoms with Crippen molar-refractivity contribution in [2.45, 2.75) is 44.2 Å². The zero-order valence-electron chi connectivity index (χ0n) is 13.4. The third kappa shape index (κ3) is 3.38. The van der Waals surface area contributed by atoms with Crippen molar-refractivity contribution in [1.29, 1.82) is 0 Å². The average molecular weight is 317 g/mol. The first kappa shape index (κ1) is 16.0. The minimum Gasteiger partial charge on any atom is -0.381 e. The Kier molecular flexibility index (Phi) is 4.37. The number of rotatable bonds is 3. The third-order valence-electron chi connectivity index (χ3n) is 4.71. The number of hydrogen-bond donors (Lipinski definition) is 3. The molecule has 1 fully saturated rings. The summed E-state index contributed by atoms with van der Waals surface area (Å²) in [6.45, 7) is 3.00. The summed E-state index contributed by atoms with van der Waals surface area (Å²) in [5, 5.41) is 5.88. The highest BCUT2D eigenvalue weighted by atomic mass is 16.5. The molecule has 0 bridgehead atoms. The molecule has 1 aromatic carbocycles. The summed E-state index contributed by atoms with van der Waals surface area (Å²) in [6.07, 6.45) is 2.32. The molecule has 124 valence electrons. The van der Waals surface area contributed by atoms with E-state index in [1.165, 1.54) is 0 Å². The lowest BCUT2D eigenvalue weighted by Gasteiger charge is -2.33. The number of hydrogen-bond acceptors (Lipinski definition) is 4. The first-order valence-corrected chi connectivity index (χ1v) is 8.08. The van der Waals surface area contributed by atoms with Gasteiger partial charge in [-0.15, -0.1) is 0 Å². The molecule has 3 rings (SSSR count). The van der Waals surface area contributed by atoms with Crippen LogP contribution < -0.4 is 16.4 Å². The van der Waals surface area contributed by atoms with Crippen molar-refractivity contribution in [3.63, 3.8) is 0 Å². The maximum absolute atomic E-state index is 12.5. The minimum atomic E-state index is -0.839. The number of amides is 2. The lowest BCUT2D eigenvalue weighted by Crippen LogP contribution is -2.57. The van der Waals surface area contributed by atoms with Gasteiger partial charge in [0.15, 0.2) is 0 Å². The number of carbonyl (C=O) groups excluding carboxylic acids is 2. The van der Waals surface area contributed by atoms with E-state index in [2.05, 4.69) is 10.6 Å². The topological polar surface area (TPSA) is 93.5 Å². The van der Waals surface area contributed by atoms with E-state index in [9.17, 15) is 9.59 Å². The number of nitrogens with one attached hydrogen (secondary N) is 2. The van der Waals surface area contributed by atoms with Crippen molar-refractivity contribution < 1.29 is 14.3 Å². The molecular weight excluding hydrogens is 294 g/mol. The highest BCUT2D eigenvalue weighted by Crippen LogP contribution is 2.27. The molecule has 0 radical (unpaired) electrons. The van der Waals surface area contributed by atoms with E-state index >= 15 is 0 Å². The Morgan fingerprint density at radius 1 is 1.35 bits per heavy atom. The lowest BCUT2D eigenvalue weighted by atomic mass is 9.89. The van der Waals surface area contributed by atoms with Crippen molar-refractivity contribution in [3.8, 4) is 0 Å². The molecule has 2 aliphatic heterocycles. The van der Waals surface area contributed by atoms with Gasteiger partial charge in [-0.25, -0.2) is 0 Å². The molecule has 4 N–H and O–H groups in total. The van der Waals surface area contributed by atoms with Gasteiger partial charge in [-0.05, 0) is 43.4 Å². The second-order valence-corrected chi connectivity index (χ2v) is 6.43. The van der Waals surface area contributed by atoms with Crippen LogP contribution in [0, 0.1) is 0 Å². The monoisotopic (exact) mass is 317 g/mol. The summed E-state index contributed by atoms with van der Waals surface area (Å²) in [5.41, 5.74) is 8.37. The van der Waals surface area contributed by atoms with Crippen molar-refractivity contribution >= 4 is 17.5 Å². The summed E-state index contributed by atoms with van der Waals surface area (Å²) in [7, 11) is 0. The number of aryl methyl sites for hydroxylation is 1. The van der Waals surface area contributed by atoms with E-state index in [-0.39, 0.29) is 17.9 Å².